The van der Waals surface area contributed by atoms with E-state index in [1.165, 1.54) is 21.0 Å². The zero-order valence-corrected chi connectivity index (χ0v) is 20.5. The number of amides is 1. The number of carboxylic acids is 1. The topological polar surface area (TPSA) is 84.9 Å². The molecule has 3 aromatic rings. The molecule has 2 N–H and O–H groups in total. The molecule has 0 radical (unpaired) electrons. The lowest BCUT2D eigenvalue weighted by molar-refractivity contribution is -0.152. The number of carboxylic acid groups (broad SMARTS) is 1. The second kappa shape index (κ2) is 10.8. The Kier molecular flexibility index (Phi) is 8.07. The van der Waals surface area contributed by atoms with Crippen LogP contribution in [-0.2, 0) is 11.2 Å². The number of hydrogen-bond donors (Lipinski definition) is 2. The van der Waals surface area contributed by atoms with Gasteiger partial charge in [0.25, 0.3) is 5.91 Å². The van der Waals surface area contributed by atoms with Gasteiger partial charge in [-0.25, -0.2) is 4.79 Å². The van der Waals surface area contributed by atoms with Gasteiger partial charge in [0.1, 0.15) is 11.5 Å². The predicted octanol–water partition coefficient (Wildman–Crippen LogP) is 5.88. The number of nitrogens with one attached hydrogen (secondary N) is 1. The SMILES string of the molecule is COc1ccc(Cl)cc1C(=O)NCCc1ccc(-c2ccc(OC(C)(C)C(=O)O)cc2Cl)cc1. The summed E-state index contributed by atoms with van der Waals surface area (Å²) in [4.78, 5) is 23.8. The smallest absolute Gasteiger partial charge is 0.347 e. The van der Waals surface area contributed by atoms with Gasteiger partial charge in [-0.1, -0.05) is 47.5 Å². The molecule has 34 heavy (non-hydrogen) atoms. The Hall–Kier alpha value is -3.22. The van der Waals surface area contributed by atoms with Crippen LogP contribution in [0.15, 0.2) is 60.7 Å². The maximum absolute atomic E-state index is 12.5. The van der Waals surface area contributed by atoms with E-state index in [2.05, 4.69) is 5.32 Å². The van der Waals surface area contributed by atoms with Gasteiger partial charge in [-0.2, -0.15) is 0 Å². The van der Waals surface area contributed by atoms with Gasteiger partial charge in [-0.15, -0.1) is 0 Å². The second-order valence-electron chi connectivity index (χ2n) is 8.11. The number of aliphatic carboxylic acids is 1. The molecule has 0 heterocycles. The summed E-state index contributed by atoms with van der Waals surface area (Å²) >= 11 is 12.4. The third kappa shape index (κ3) is 6.22. The largest absolute Gasteiger partial charge is 0.496 e. The first-order valence-corrected chi connectivity index (χ1v) is 11.3. The van der Waals surface area contributed by atoms with E-state index >= 15 is 0 Å². The molecule has 0 atom stereocenters. The highest BCUT2D eigenvalue weighted by Gasteiger charge is 2.29. The molecule has 0 aromatic heterocycles. The molecule has 0 unspecified atom stereocenters. The molecule has 0 saturated carbocycles. The number of methoxy groups -OCH3 is 1. The van der Waals surface area contributed by atoms with E-state index in [1.807, 2.05) is 24.3 Å². The Morgan fingerprint density at radius 1 is 1.00 bits per heavy atom. The summed E-state index contributed by atoms with van der Waals surface area (Å²) < 4.78 is 10.8. The van der Waals surface area contributed by atoms with E-state index in [9.17, 15) is 14.7 Å². The fourth-order valence-electron chi connectivity index (χ4n) is 3.26. The van der Waals surface area contributed by atoms with Crippen molar-refractivity contribution in [3.8, 4) is 22.6 Å². The van der Waals surface area contributed by atoms with Gasteiger partial charge >= 0.3 is 5.97 Å². The number of benzene rings is 3. The molecule has 0 spiro atoms. The van der Waals surface area contributed by atoms with Crippen LogP contribution in [0.4, 0.5) is 0 Å². The molecule has 3 aromatic carbocycles. The van der Waals surface area contributed by atoms with E-state index in [1.54, 1.807) is 36.4 Å². The summed E-state index contributed by atoms with van der Waals surface area (Å²) in [7, 11) is 1.51. The molecule has 0 fully saturated rings. The van der Waals surface area contributed by atoms with Gasteiger partial charge in [0.15, 0.2) is 5.60 Å². The van der Waals surface area contributed by atoms with Gasteiger partial charge < -0.3 is 19.9 Å². The normalized spacial score (nSPS) is 11.1. The molecular weight excluding hydrogens is 477 g/mol. The molecule has 0 aliphatic carbocycles. The minimum absolute atomic E-state index is 0.254. The highest BCUT2D eigenvalue weighted by Crippen LogP contribution is 2.32. The predicted molar refractivity (Wildman–Crippen MR) is 133 cm³/mol. The fraction of sp³-hybridized carbons (Fsp3) is 0.231. The lowest BCUT2D eigenvalue weighted by Gasteiger charge is -2.22. The highest BCUT2D eigenvalue weighted by molar-refractivity contribution is 6.33. The minimum atomic E-state index is -1.36. The van der Waals surface area contributed by atoms with Crippen molar-refractivity contribution >= 4 is 35.1 Å². The molecule has 0 saturated heterocycles. The number of hydrogen-bond acceptors (Lipinski definition) is 4. The lowest BCUT2D eigenvalue weighted by atomic mass is 10.0. The van der Waals surface area contributed by atoms with Gasteiger partial charge in [0.05, 0.1) is 17.7 Å². The van der Waals surface area contributed by atoms with Crippen molar-refractivity contribution in [3.05, 3.63) is 81.8 Å². The van der Waals surface area contributed by atoms with Gasteiger partial charge in [0, 0.05) is 17.1 Å². The van der Waals surface area contributed by atoms with Crippen molar-refractivity contribution in [2.24, 2.45) is 0 Å². The van der Waals surface area contributed by atoms with Crippen LogP contribution in [0.2, 0.25) is 10.0 Å². The molecule has 178 valence electrons. The van der Waals surface area contributed by atoms with Crippen LogP contribution in [0.25, 0.3) is 11.1 Å². The third-order valence-electron chi connectivity index (χ3n) is 5.20. The maximum Gasteiger partial charge on any atom is 0.347 e. The first-order chi connectivity index (χ1) is 16.1. The average Bonchev–Trinajstić information content (AvgIpc) is 2.79. The zero-order chi connectivity index (χ0) is 24.9. The van der Waals surface area contributed by atoms with E-state index in [-0.39, 0.29) is 5.91 Å². The number of carbonyl (C=O) groups excluding carboxylic acids is 1. The molecule has 0 aliphatic rings. The first kappa shape index (κ1) is 25.4. The third-order valence-corrected chi connectivity index (χ3v) is 5.75. The van der Waals surface area contributed by atoms with Crippen molar-refractivity contribution in [2.75, 3.05) is 13.7 Å². The average molecular weight is 502 g/mol. The molecule has 8 heteroatoms. The van der Waals surface area contributed by atoms with Crippen LogP contribution >= 0.6 is 23.2 Å². The Bertz CT molecular complexity index is 1190. The Labute approximate surface area is 208 Å². The van der Waals surface area contributed by atoms with Crippen molar-refractivity contribution < 1.29 is 24.2 Å². The number of carbonyl (C=O) groups is 2. The molecule has 1 amide bonds. The quantitative estimate of drug-likeness (QED) is 0.382. The van der Waals surface area contributed by atoms with Crippen molar-refractivity contribution in [1.82, 2.24) is 5.32 Å². The van der Waals surface area contributed by atoms with E-state index in [0.717, 1.165) is 16.7 Å². The summed E-state index contributed by atoms with van der Waals surface area (Å²) in [6, 6.07) is 17.8. The second-order valence-corrected chi connectivity index (χ2v) is 8.95. The Morgan fingerprint density at radius 3 is 2.32 bits per heavy atom. The van der Waals surface area contributed by atoms with E-state index in [0.29, 0.717) is 40.1 Å². The van der Waals surface area contributed by atoms with Crippen molar-refractivity contribution in [2.45, 2.75) is 25.9 Å². The van der Waals surface area contributed by atoms with Crippen LogP contribution in [0.1, 0.15) is 29.8 Å². The zero-order valence-electron chi connectivity index (χ0n) is 19.0. The molecule has 3 rings (SSSR count). The van der Waals surface area contributed by atoms with Crippen molar-refractivity contribution in [3.63, 3.8) is 0 Å². The fourth-order valence-corrected chi connectivity index (χ4v) is 3.71. The number of ether oxygens (including phenoxy) is 2. The monoisotopic (exact) mass is 501 g/mol. The van der Waals surface area contributed by atoms with Crippen LogP contribution in [0.5, 0.6) is 11.5 Å². The van der Waals surface area contributed by atoms with E-state index < -0.39 is 11.6 Å². The van der Waals surface area contributed by atoms with Crippen LogP contribution in [-0.4, -0.2) is 36.2 Å². The van der Waals surface area contributed by atoms with Crippen LogP contribution in [0.3, 0.4) is 0 Å². The summed E-state index contributed by atoms with van der Waals surface area (Å²) in [6.45, 7) is 3.40. The van der Waals surface area contributed by atoms with E-state index in [4.69, 9.17) is 32.7 Å². The van der Waals surface area contributed by atoms with Gasteiger partial charge in [-0.05, 0) is 67.8 Å². The summed E-state index contributed by atoms with van der Waals surface area (Å²) in [5.41, 5.74) is 1.78. The molecule has 0 aliphatic heterocycles. The van der Waals surface area contributed by atoms with Crippen LogP contribution in [0, 0.1) is 0 Å². The number of rotatable bonds is 9. The van der Waals surface area contributed by atoms with Crippen molar-refractivity contribution in [1.29, 1.82) is 0 Å². The Balaban J connectivity index is 1.62. The lowest BCUT2D eigenvalue weighted by Crippen LogP contribution is -2.37. The first-order valence-electron chi connectivity index (χ1n) is 10.5. The Morgan fingerprint density at radius 2 is 1.71 bits per heavy atom. The van der Waals surface area contributed by atoms with Gasteiger partial charge in [-0.3, -0.25) is 4.79 Å². The standard InChI is InChI=1S/C26H25Cl2NO5/c1-26(2,25(31)32)34-19-9-10-20(22(28)15-19)17-6-4-16(5-7-17)12-13-29-24(30)21-14-18(27)8-11-23(21)33-3/h4-11,14-15H,12-13H2,1-3H3,(H,29,30)(H,31,32). The molecular formula is C26H25Cl2NO5. The summed E-state index contributed by atoms with van der Waals surface area (Å²) in [5.74, 6) is -0.474. The van der Waals surface area contributed by atoms with Crippen LogP contribution < -0.4 is 14.8 Å². The summed E-state index contributed by atoms with van der Waals surface area (Å²) in [6.07, 6.45) is 0.639. The molecule has 0 bridgehead atoms. The highest BCUT2D eigenvalue weighted by atomic mass is 35.5. The van der Waals surface area contributed by atoms with Gasteiger partial charge in [0.2, 0.25) is 0 Å². The summed E-state index contributed by atoms with van der Waals surface area (Å²) in [5, 5.41) is 13.0. The number of halogens is 2. The minimum Gasteiger partial charge on any atom is -0.496 e. The molecule has 6 nitrogen and oxygen atoms in total. The maximum atomic E-state index is 12.5.